The molecule has 0 aliphatic carbocycles. The topological polar surface area (TPSA) is 41.8 Å². The molecule has 1 aliphatic heterocycles. The van der Waals surface area contributed by atoms with E-state index in [-0.39, 0.29) is 0 Å². The lowest BCUT2D eigenvalue weighted by Gasteiger charge is -2.20. The zero-order valence-corrected chi connectivity index (χ0v) is 18.4. The molecule has 0 radical (unpaired) electrons. The Morgan fingerprint density at radius 3 is 2.79 bits per heavy atom. The Bertz CT molecular complexity index is 988. The van der Waals surface area contributed by atoms with Crippen molar-refractivity contribution in [1.82, 2.24) is 19.6 Å². The molecule has 1 saturated heterocycles. The summed E-state index contributed by atoms with van der Waals surface area (Å²) in [6.07, 6.45) is 3.28. The van der Waals surface area contributed by atoms with Gasteiger partial charge in [0.2, 0.25) is 0 Å². The van der Waals surface area contributed by atoms with E-state index < -0.39 is 0 Å². The van der Waals surface area contributed by atoms with E-state index in [1.54, 1.807) is 0 Å². The van der Waals surface area contributed by atoms with E-state index in [0.29, 0.717) is 6.61 Å². The molecule has 2 aromatic heterocycles. The molecule has 4 rings (SSSR count). The minimum Gasteiger partial charge on any atom is -0.489 e. The van der Waals surface area contributed by atoms with E-state index in [0.717, 1.165) is 65.4 Å². The first-order chi connectivity index (χ1) is 14.1. The Morgan fingerprint density at radius 1 is 1.17 bits per heavy atom. The predicted molar refractivity (Wildman–Crippen MR) is 121 cm³/mol. The molecular weight excluding hydrogens is 428 g/mol. The molecule has 3 heterocycles. The first-order valence-corrected chi connectivity index (χ1v) is 10.9. The van der Waals surface area contributed by atoms with Gasteiger partial charge in [0, 0.05) is 35.9 Å². The lowest BCUT2D eigenvalue weighted by Crippen LogP contribution is -2.28. The highest BCUT2D eigenvalue weighted by molar-refractivity contribution is 9.10. The normalized spacial score (nSPS) is 15.4. The fourth-order valence-corrected chi connectivity index (χ4v) is 3.97. The number of hydrogen-bond donors (Lipinski definition) is 1. The smallest absolute Gasteiger partial charge is 0.137 e. The highest BCUT2D eigenvalue weighted by Crippen LogP contribution is 2.28. The summed E-state index contributed by atoms with van der Waals surface area (Å²) < 4.78 is 9.02. The monoisotopic (exact) mass is 454 g/mol. The molecule has 5 nitrogen and oxygen atoms in total. The first kappa shape index (κ1) is 20.1. The predicted octanol–water partition coefficient (Wildman–Crippen LogP) is 4.51. The number of imidazole rings is 1. The number of aromatic nitrogens is 2. The maximum absolute atomic E-state index is 5.75. The lowest BCUT2D eigenvalue weighted by molar-refractivity contribution is 0.281. The number of nitrogens with one attached hydrogen (secondary N) is 1. The van der Waals surface area contributed by atoms with Gasteiger partial charge >= 0.3 is 0 Å². The summed E-state index contributed by atoms with van der Waals surface area (Å²) in [7, 11) is 0. The summed E-state index contributed by atoms with van der Waals surface area (Å²) in [6, 6.07) is 12.3. The van der Waals surface area contributed by atoms with Gasteiger partial charge in [0.25, 0.3) is 0 Å². The van der Waals surface area contributed by atoms with Crippen molar-refractivity contribution in [3.05, 3.63) is 64.9 Å². The molecule has 29 heavy (non-hydrogen) atoms. The van der Waals surface area contributed by atoms with Crippen LogP contribution in [-0.4, -0.2) is 47.1 Å². The van der Waals surface area contributed by atoms with Gasteiger partial charge in [-0.25, -0.2) is 4.98 Å². The zero-order valence-electron chi connectivity index (χ0n) is 16.8. The number of hydrogen-bond acceptors (Lipinski definition) is 4. The molecule has 0 bridgehead atoms. The molecule has 1 N–H and O–H groups in total. The fraction of sp³-hybridized carbons (Fsp3) is 0.348. The van der Waals surface area contributed by atoms with Crippen molar-refractivity contribution in [2.24, 2.45) is 0 Å². The minimum absolute atomic E-state index is 0.538. The standard InChI is InChI=1S/C23H27BrN4O/c1-17(2)16-29-20-7-4-18(5-8-20)23-21(15-27-12-3-10-25-11-13-27)28-14-19(24)6-9-22(28)26-23/h4-9,14,25H,1,3,10-13,15-16H2,2H3. The van der Waals surface area contributed by atoms with E-state index in [9.17, 15) is 0 Å². The second-order valence-electron chi connectivity index (χ2n) is 7.63. The third-order valence-corrected chi connectivity index (χ3v) is 5.57. The minimum atomic E-state index is 0.538. The van der Waals surface area contributed by atoms with Crippen molar-refractivity contribution in [3.63, 3.8) is 0 Å². The van der Waals surface area contributed by atoms with Crippen LogP contribution in [0.3, 0.4) is 0 Å². The molecule has 1 aromatic carbocycles. The van der Waals surface area contributed by atoms with Crippen molar-refractivity contribution in [2.45, 2.75) is 19.9 Å². The van der Waals surface area contributed by atoms with Crippen molar-refractivity contribution >= 4 is 21.6 Å². The van der Waals surface area contributed by atoms with Gasteiger partial charge in [-0.15, -0.1) is 0 Å². The Hall–Kier alpha value is -2.15. The Kier molecular flexibility index (Phi) is 6.33. The van der Waals surface area contributed by atoms with Crippen molar-refractivity contribution in [1.29, 1.82) is 0 Å². The largest absolute Gasteiger partial charge is 0.489 e. The van der Waals surface area contributed by atoms with Gasteiger partial charge in [0.05, 0.1) is 11.4 Å². The molecule has 3 aromatic rings. The van der Waals surface area contributed by atoms with Gasteiger partial charge in [0.15, 0.2) is 0 Å². The Morgan fingerprint density at radius 2 is 2.00 bits per heavy atom. The maximum Gasteiger partial charge on any atom is 0.137 e. The van der Waals surface area contributed by atoms with Crippen molar-refractivity contribution < 1.29 is 4.74 Å². The van der Waals surface area contributed by atoms with Crippen LogP contribution in [0.2, 0.25) is 0 Å². The molecule has 0 atom stereocenters. The zero-order chi connectivity index (χ0) is 20.2. The van der Waals surface area contributed by atoms with Crippen LogP contribution in [0, 0.1) is 0 Å². The average molecular weight is 455 g/mol. The highest BCUT2D eigenvalue weighted by atomic mass is 79.9. The second kappa shape index (κ2) is 9.11. The summed E-state index contributed by atoms with van der Waals surface area (Å²) >= 11 is 3.61. The van der Waals surface area contributed by atoms with Gasteiger partial charge < -0.3 is 14.5 Å². The molecule has 0 saturated carbocycles. The quantitative estimate of drug-likeness (QED) is 0.556. The van der Waals surface area contributed by atoms with Crippen LogP contribution >= 0.6 is 15.9 Å². The molecule has 0 spiro atoms. The third kappa shape index (κ3) is 4.89. The lowest BCUT2D eigenvalue weighted by atomic mass is 10.1. The van der Waals surface area contributed by atoms with Gasteiger partial charge in [-0.05, 0) is 84.3 Å². The summed E-state index contributed by atoms with van der Waals surface area (Å²) in [4.78, 5) is 7.47. The van der Waals surface area contributed by atoms with Crippen LogP contribution in [-0.2, 0) is 6.54 Å². The number of ether oxygens (including phenoxy) is 1. The van der Waals surface area contributed by atoms with E-state index in [1.165, 1.54) is 12.1 Å². The molecule has 0 amide bonds. The van der Waals surface area contributed by atoms with Gasteiger partial charge in [-0.2, -0.15) is 0 Å². The highest BCUT2D eigenvalue weighted by Gasteiger charge is 2.18. The number of rotatable bonds is 6. The number of nitrogens with zero attached hydrogens (tertiary/aromatic N) is 3. The SMILES string of the molecule is C=C(C)COc1ccc(-c2nc3ccc(Br)cn3c2CN2CCCNCC2)cc1. The van der Waals surface area contributed by atoms with Crippen molar-refractivity contribution in [3.8, 4) is 17.0 Å². The number of pyridine rings is 1. The molecular formula is C23H27BrN4O. The van der Waals surface area contributed by atoms with Crippen LogP contribution in [0.4, 0.5) is 0 Å². The third-order valence-electron chi connectivity index (χ3n) is 5.10. The van der Waals surface area contributed by atoms with Crippen LogP contribution < -0.4 is 10.1 Å². The molecule has 1 fully saturated rings. The van der Waals surface area contributed by atoms with Gasteiger partial charge in [-0.1, -0.05) is 6.58 Å². The summed E-state index contributed by atoms with van der Waals surface area (Å²) in [5.74, 6) is 0.850. The van der Waals surface area contributed by atoms with Gasteiger partial charge in [-0.3, -0.25) is 4.90 Å². The number of fused-ring (bicyclic) bond motifs is 1. The van der Waals surface area contributed by atoms with E-state index in [1.807, 2.05) is 25.1 Å². The van der Waals surface area contributed by atoms with E-state index in [2.05, 4.69) is 61.5 Å². The second-order valence-corrected chi connectivity index (χ2v) is 8.55. The molecule has 0 unspecified atom stereocenters. The van der Waals surface area contributed by atoms with Crippen LogP contribution in [0.15, 0.2) is 59.2 Å². The van der Waals surface area contributed by atoms with E-state index in [4.69, 9.17) is 9.72 Å². The van der Waals surface area contributed by atoms with Gasteiger partial charge in [0.1, 0.15) is 18.0 Å². The van der Waals surface area contributed by atoms with Crippen LogP contribution in [0.25, 0.3) is 16.9 Å². The molecule has 6 heteroatoms. The summed E-state index contributed by atoms with van der Waals surface area (Å²) in [6.45, 7) is 11.5. The van der Waals surface area contributed by atoms with E-state index >= 15 is 0 Å². The Labute approximate surface area is 180 Å². The number of halogens is 1. The van der Waals surface area contributed by atoms with Crippen LogP contribution in [0.1, 0.15) is 19.0 Å². The molecule has 1 aliphatic rings. The first-order valence-electron chi connectivity index (χ1n) is 10.1. The summed E-state index contributed by atoms with van der Waals surface area (Å²) in [5.41, 5.74) is 5.34. The van der Waals surface area contributed by atoms with Crippen molar-refractivity contribution in [2.75, 3.05) is 32.8 Å². The maximum atomic E-state index is 5.75. The summed E-state index contributed by atoms with van der Waals surface area (Å²) in [5, 5.41) is 3.48. The van der Waals surface area contributed by atoms with Crippen LogP contribution in [0.5, 0.6) is 5.75 Å². The average Bonchev–Trinajstić information content (AvgIpc) is 2.88. The fourth-order valence-electron chi connectivity index (χ4n) is 3.64. The molecule has 152 valence electrons. The Balaban J connectivity index is 1.68. The number of benzene rings is 1.